The molecule has 0 aliphatic carbocycles. The van der Waals surface area contributed by atoms with Crippen LogP contribution in [0.15, 0.2) is 22.7 Å². The van der Waals surface area contributed by atoms with Gasteiger partial charge in [-0.2, -0.15) is 0 Å². The minimum absolute atomic E-state index is 0.0435. The number of thiocarbonyl (C=S) groups is 1. The fraction of sp³-hybridized carbons (Fsp3) is 0.385. The third kappa shape index (κ3) is 5.86. The Hall–Kier alpha value is -1.38. The Labute approximate surface area is 137 Å². The van der Waals surface area contributed by atoms with Crippen molar-refractivity contribution in [2.75, 3.05) is 20.8 Å². The van der Waals surface area contributed by atoms with Gasteiger partial charge in [-0.15, -0.1) is 0 Å². The van der Waals surface area contributed by atoms with Crippen molar-refractivity contribution in [2.45, 2.75) is 13.0 Å². The minimum Gasteiger partial charge on any atom is -0.496 e. The summed E-state index contributed by atoms with van der Waals surface area (Å²) in [6.07, 6.45) is 0. The molecule has 0 spiro atoms. The number of carbonyl (C=O) groups is 1. The highest BCUT2D eigenvalue weighted by molar-refractivity contribution is 9.10. The van der Waals surface area contributed by atoms with Gasteiger partial charge in [-0.3, -0.25) is 15.6 Å². The number of rotatable bonds is 5. The van der Waals surface area contributed by atoms with Crippen molar-refractivity contribution < 1.29 is 14.3 Å². The maximum Gasteiger partial charge on any atom is 0.269 e. The van der Waals surface area contributed by atoms with E-state index in [1.165, 1.54) is 0 Å². The molecule has 1 amide bonds. The molecule has 21 heavy (non-hydrogen) atoms. The van der Waals surface area contributed by atoms with Gasteiger partial charge in [-0.25, -0.2) is 0 Å². The quantitative estimate of drug-likeness (QED) is 0.536. The summed E-state index contributed by atoms with van der Waals surface area (Å²) in [5.74, 6) is 0.354. The molecule has 8 heteroatoms. The number of nitrogens with one attached hydrogen (secondary N) is 3. The molecule has 0 saturated heterocycles. The summed E-state index contributed by atoms with van der Waals surface area (Å²) in [5.41, 5.74) is 5.63. The van der Waals surface area contributed by atoms with E-state index < -0.39 is 0 Å². The van der Waals surface area contributed by atoms with Crippen molar-refractivity contribution in [1.82, 2.24) is 16.2 Å². The van der Waals surface area contributed by atoms with Gasteiger partial charge in [-0.1, -0.05) is 0 Å². The predicted octanol–water partition coefficient (Wildman–Crippen LogP) is 1.60. The fourth-order valence-corrected chi connectivity index (χ4v) is 2.34. The van der Waals surface area contributed by atoms with E-state index in [2.05, 4.69) is 32.1 Å². The van der Waals surface area contributed by atoms with Gasteiger partial charge in [0.2, 0.25) is 0 Å². The summed E-state index contributed by atoms with van der Waals surface area (Å²) in [5, 5.41) is 3.29. The van der Waals surface area contributed by atoms with Gasteiger partial charge in [-0.05, 0) is 53.3 Å². The SMILES string of the molecule is COC[C@H](C)NC(=S)NNC(=O)c1ccc(OC)c(Br)c1. The number of halogens is 1. The van der Waals surface area contributed by atoms with Gasteiger partial charge in [0.15, 0.2) is 5.11 Å². The van der Waals surface area contributed by atoms with Gasteiger partial charge in [0, 0.05) is 18.7 Å². The van der Waals surface area contributed by atoms with E-state index in [1.54, 1.807) is 32.4 Å². The van der Waals surface area contributed by atoms with Crippen LogP contribution >= 0.6 is 28.1 Å². The molecular formula is C13H18BrN3O3S. The summed E-state index contributed by atoms with van der Waals surface area (Å²) in [6, 6.07) is 5.07. The van der Waals surface area contributed by atoms with Crippen molar-refractivity contribution in [3.63, 3.8) is 0 Å². The van der Waals surface area contributed by atoms with E-state index in [0.717, 1.165) is 0 Å². The molecule has 1 rings (SSSR count). The standard InChI is InChI=1S/C13H18BrN3O3S/c1-8(7-19-2)15-13(21)17-16-12(18)9-4-5-11(20-3)10(14)6-9/h4-6,8H,7H2,1-3H3,(H,16,18)(H2,15,17,21)/t8-/m0/s1. The lowest BCUT2D eigenvalue weighted by Crippen LogP contribution is -2.49. The van der Waals surface area contributed by atoms with Gasteiger partial charge >= 0.3 is 0 Å². The lowest BCUT2D eigenvalue weighted by molar-refractivity contribution is 0.0943. The molecule has 0 aromatic heterocycles. The number of ether oxygens (including phenoxy) is 2. The second-order valence-electron chi connectivity index (χ2n) is 4.26. The van der Waals surface area contributed by atoms with Crippen molar-refractivity contribution in [3.05, 3.63) is 28.2 Å². The van der Waals surface area contributed by atoms with E-state index >= 15 is 0 Å². The zero-order chi connectivity index (χ0) is 15.8. The Balaban J connectivity index is 2.50. The number of hydrogen-bond donors (Lipinski definition) is 3. The Morgan fingerprint density at radius 1 is 1.38 bits per heavy atom. The molecular weight excluding hydrogens is 358 g/mol. The molecule has 0 radical (unpaired) electrons. The van der Waals surface area contributed by atoms with Gasteiger partial charge in [0.25, 0.3) is 5.91 Å². The smallest absolute Gasteiger partial charge is 0.269 e. The van der Waals surface area contributed by atoms with Crippen LogP contribution in [0.25, 0.3) is 0 Å². The second kappa shape index (κ2) is 8.81. The van der Waals surface area contributed by atoms with Crippen LogP contribution in [0, 0.1) is 0 Å². The number of amides is 1. The minimum atomic E-state index is -0.304. The number of benzene rings is 1. The fourth-order valence-electron chi connectivity index (χ4n) is 1.54. The van der Waals surface area contributed by atoms with E-state index in [4.69, 9.17) is 21.7 Å². The average Bonchev–Trinajstić information content (AvgIpc) is 2.44. The zero-order valence-corrected chi connectivity index (χ0v) is 14.4. The molecule has 1 aromatic carbocycles. The van der Waals surface area contributed by atoms with Gasteiger partial charge in [0.1, 0.15) is 5.75 Å². The summed E-state index contributed by atoms with van der Waals surface area (Å²) < 4.78 is 10.8. The van der Waals surface area contributed by atoms with Gasteiger partial charge < -0.3 is 14.8 Å². The van der Waals surface area contributed by atoms with E-state index in [9.17, 15) is 4.79 Å². The molecule has 1 aromatic rings. The molecule has 3 N–H and O–H groups in total. The molecule has 0 bridgehead atoms. The van der Waals surface area contributed by atoms with Crippen LogP contribution in [0.2, 0.25) is 0 Å². The first kappa shape index (κ1) is 17.7. The Kier molecular flexibility index (Phi) is 7.41. The highest BCUT2D eigenvalue weighted by atomic mass is 79.9. The third-order valence-corrected chi connectivity index (χ3v) is 3.34. The first-order valence-electron chi connectivity index (χ1n) is 6.17. The third-order valence-electron chi connectivity index (χ3n) is 2.50. The Morgan fingerprint density at radius 3 is 2.67 bits per heavy atom. The first-order chi connectivity index (χ1) is 9.97. The first-order valence-corrected chi connectivity index (χ1v) is 7.37. The van der Waals surface area contributed by atoms with Crippen LogP contribution in [-0.4, -0.2) is 37.9 Å². The Bertz CT molecular complexity index is 513. The molecule has 0 heterocycles. The number of methoxy groups -OCH3 is 2. The highest BCUT2D eigenvalue weighted by Gasteiger charge is 2.09. The average molecular weight is 376 g/mol. The molecule has 0 unspecified atom stereocenters. The van der Waals surface area contributed by atoms with Crippen LogP contribution < -0.4 is 20.9 Å². The normalized spacial score (nSPS) is 11.4. The van der Waals surface area contributed by atoms with Crippen molar-refractivity contribution in [3.8, 4) is 5.75 Å². The summed E-state index contributed by atoms with van der Waals surface area (Å²) in [7, 11) is 3.17. The molecule has 116 valence electrons. The number of carbonyl (C=O) groups excluding carboxylic acids is 1. The zero-order valence-electron chi connectivity index (χ0n) is 12.0. The van der Waals surface area contributed by atoms with Crippen LogP contribution in [0.4, 0.5) is 0 Å². The number of hydrogen-bond acceptors (Lipinski definition) is 4. The van der Waals surface area contributed by atoms with Gasteiger partial charge in [0.05, 0.1) is 18.2 Å². The maximum atomic E-state index is 12.0. The molecule has 0 aliphatic heterocycles. The topological polar surface area (TPSA) is 71.6 Å². The maximum absolute atomic E-state index is 12.0. The summed E-state index contributed by atoms with van der Waals surface area (Å²) in [4.78, 5) is 12.0. The molecule has 1 atom stereocenters. The van der Waals surface area contributed by atoms with Crippen LogP contribution in [-0.2, 0) is 4.74 Å². The van der Waals surface area contributed by atoms with Crippen molar-refractivity contribution in [2.24, 2.45) is 0 Å². The highest BCUT2D eigenvalue weighted by Crippen LogP contribution is 2.25. The summed E-state index contributed by atoms with van der Waals surface area (Å²) >= 11 is 8.38. The second-order valence-corrected chi connectivity index (χ2v) is 5.52. The lowest BCUT2D eigenvalue weighted by atomic mass is 10.2. The van der Waals surface area contributed by atoms with Crippen LogP contribution in [0.1, 0.15) is 17.3 Å². The van der Waals surface area contributed by atoms with Crippen LogP contribution in [0.3, 0.4) is 0 Å². The van der Waals surface area contributed by atoms with E-state index in [0.29, 0.717) is 27.5 Å². The van der Waals surface area contributed by atoms with E-state index in [1.807, 2.05) is 6.92 Å². The summed E-state index contributed by atoms with van der Waals surface area (Å²) in [6.45, 7) is 2.43. The largest absolute Gasteiger partial charge is 0.496 e. The van der Waals surface area contributed by atoms with Crippen LogP contribution in [0.5, 0.6) is 5.75 Å². The monoisotopic (exact) mass is 375 g/mol. The Morgan fingerprint density at radius 2 is 2.10 bits per heavy atom. The molecule has 0 aliphatic rings. The van der Waals surface area contributed by atoms with Crippen molar-refractivity contribution in [1.29, 1.82) is 0 Å². The molecule has 0 fully saturated rings. The number of hydrazine groups is 1. The molecule has 0 saturated carbocycles. The lowest BCUT2D eigenvalue weighted by Gasteiger charge is -2.16. The van der Waals surface area contributed by atoms with E-state index in [-0.39, 0.29) is 11.9 Å². The molecule has 6 nitrogen and oxygen atoms in total. The van der Waals surface area contributed by atoms with Crippen molar-refractivity contribution >= 4 is 39.2 Å². The predicted molar refractivity (Wildman–Crippen MR) is 88.4 cm³/mol.